The van der Waals surface area contributed by atoms with Gasteiger partial charge in [0.05, 0.1) is 36.7 Å². The maximum Gasteiger partial charge on any atom is 0.270 e. The number of likely N-dealkylation sites (tertiary alicyclic amines) is 1. The van der Waals surface area contributed by atoms with Crippen LogP contribution in [0.15, 0.2) is 60.7 Å². The molecule has 8 heteroatoms. The second kappa shape index (κ2) is 11.2. The minimum absolute atomic E-state index is 0.0608. The number of ether oxygens (including phenoxy) is 2. The molecular formula is C28H31N5O3. The zero-order chi connectivity index (χ0) is 25.7. The molecule has 0 spiro atoms. The summed E-state index contributed by atoms with van der Waals surface area (Å²) >= 11 is 0. The Morgan fingerprint density at radius 2 is 2.06 bits per heavy atom. The highest BCUT2D eigenvalue weighted by molar-refractivity contribution is 5.99. The minimum atomic E-state index is -0.215. The van der Waals surface area contributed by atoms with E-state index in [1.165, 1.54) is 0 Å². The monoisotopic (exact) mass is 485 g/mol. The van der Waals surface area contributed by atoms with Crippen LogP contribution in [0.25, 0.3) is 22.0 Å². The molecule has 2 N–H and O–H groups in total. The largest absolute Gasteiger partial charge is 0.495 e. The molecule has 2 heterocycles. The summed E-state index contributed by atoms with van der Waals surface area (Å²) in [7, 11) is 5.34. The molecule has 0 bridgehead atoms. The lowest BCUT2D eigenvalue weighted by atomic mass is 10.0. The average molecular weight is 486 g/mol. The fourth-order valence-corrected chi connectivity index (χ4v) is 4.49. The van der Waals surface area contributed by atoms with Crippen LogP contribution in [0.3, 0.4) is 0 Å². The number of hydrogen-bond donors (Lipinski definition) is 2. The van der Waals surface area contributed by atoms with Gasteiger partial charge >= 0.3 is 0 Å². The van der Waals surface area contributed by atoms with Crippen LogP contribution in [0.5, 0.6) is 5.75 Å². The number of hydrogen-bond acceptors (Lipinski definition) is 7. The van der Waals surface area contributed by atoms with Gasteiger partial charge in [0.25, 0.3) is 5.91 Å². The van der Waals surface area contributed by atoms with Crippen LogP contribution in [0, 0.1) is 11.3 Å². The van der Waals surface area contributed by atoms with Crippen molar-refractivity contribution in [2.24, 2.45) is 0 Å². The summed E-state index contributed by atoms with van der Waals surface area (Å²) < 4.78 is 11.2. The summed E-state index contributed by atoms with van der Waals surface area (Å²) in [6.07, 6.45) is 0.760. The first kappa shape index (κ1) is 25.2. The summed E-state index contributed by atoms with van der Waals surface area (Å²) in [4.78, 5) is 19.9. The fourth-order valence-electron chi connectivity index (χ4n) is 4.49. The van der Waals surface area contributed by atoms with Gasteiger partial charge in [0.15, 0.2) is 0 Å². The van der Waals surface area contributed by atoms with E-state index >= 15 is 0 Å². The normalized spacial score (nSPS) is 17.8. The van der Waals surface area contributed by atoms with Crippen molar-refractivity contribution in [2.45, 2.75) is 18.6 Å². The molecule has 1 aliphatic heterocycles. The molecular weight excluding hydrogens is 454 g/mol. The first-order valence-corrected chi connectivity index (χ1v) is 11.9. The Balaban J connectivity index is 1.62. The second-order valence-corrected chi connectivity index (χ2v) is 8.96. The number of rotatable bonds is 8. The number of nitrogens with one attached hydrogen (secondary N) is 2. The molecule has 1 saturated heterocycles. The van der Waals surface area contributed by atoms with Crippen LogP contribution in [-0.4, -0.2) is 68.8 Å². The number of nitrogens with zero attached hydrogens (tertiary/aromatic N) is 3. The van der Waals surface area contributed by atoms with Crippen LogP contribution in [0.2, 0.25) is 0 Å². The van der Waals surface area contributed by atoms with Crippen molar-refractivity contribution < 1.29 is 14.3 Å². The number of pyridine rings is 1. The number of aromatic nitrogens is 1. The Morgan fingerprint density at radius 1 is 1.25 bits per heavy atom. The van der Waals surface area contributed by atoms with Gasteiger partial charge in [-0.15, -0.1) is 0 Å². The number of nitriles is 1. The second-order valence-electron chi connectivity index (χ2n) is 8.96. The Labute approximate surface area is 211 Å². The van der Waals surface area contributed by atoms with Gasteiger partial charge in [-0.2, -0.15) is 5.26 Å². The van der Waals surface area contributed by atoms with Crippen LogP contribution in [-0.2, 0) is 4.74 Å². The fraction of sp³-hybridized carbons (Fsp3) is 0.321. The average Bonchev–Trinajstić information content (AvgIpc) is 2.91. The highest BCUT2D eigenvalue weighted by Crippen LogP contribution is 2.35. The molecule has 0 saturated carbocycles. The Morgan fingerprint density at radius 3 is 2.81 bits per heavy atom. The Bertz CT molecular complexity index is 1320. The minimum Gasteiger partial charge on any atom is -0.495 e. The van der Waals surface area contributed by atoms with E-state index in [0.29, 0.717) is 29.3 Å². The van der Waals surface area contributed by atoms with Crippen LogP contribution >= 0.6 is 0 Å². The topological polar surface area (TPSA) is 99.5 Å². The zero-order valence-electron chi connectivity index (χ0n) is 20.9. The van der Waals surface area contributed by atoms with E-state index < -0.39 is 0 Å². The molecule has 2 aromatic carbocycles. The zero-order valence-corrected chi connectivity index (χ0v) is 20.9. The molecule has 1 amide bonds. The molecule has 8 nitrogen and oxygen atoms in total. The van der Waals surface area contributed by atoms with E-state index in [-0.39, 0.29) is 18.1 Å². The number of likely N-dealkylation sites (N-methyl/N-ethyl adjacent to an activating group) is 1. The highest BCUT2D eigenvalue weighted by Gasteiger charge is 2.29. The summed E-state index contributed by atoms with van der Waals surface area (Å²) in [5.41, 5.74) is 3.10. The number of carbonyl (C=O) groups excluding carboxylic acids is 1. The smallest absolute Gasteiger partial charge is 0.270 e. The molecule has 1 aromatic heterocycles. The predicted molar refractivity (Wildman–Crippen MR) is 141 cm³/mol. The lowest BCUT2D eigenvalue weighted by Crippen LogP contribution is -2.53. The van der Waals surface area contributed by atoms with Crippen molar-refractivity contribution >= 4 is 22.4 Å². The number of carbonyl (C=O) groups is 1. The third-order valence-electron chi connectivity index (χ3n) is 6.50. The number of amides is 1. The van der Waals surface area contributed by atoms with Gasteiger partial charge in [0.1, 0.15) is 11.4 Å². The number of methoxy groups -OCH3 is 2. The van der Waals surface area contributed by atoms with Gasteiger partial charge in [-0.25, -0.2) is 4.98 Å². The first-order valence-electron chi connectivity index (χ1n) is 11.9. The Kier molecular flexibility index (Phi) is 7.84. The molecule has 1 fully saturated rings. The predicted octanol–water partition coefficient (Wildman–Crippen LogP) is 3.85. The summed E-state index contributed by atoms with van der Waals surface area (Å²) in [5.74, 6) is 0.450. The van der Waals surface area contributed by atoms with Crippen LogP contribution < -0.4 is 15.4 Å². The third-order valence-corrected chi connectivity index (χ3v) is 6.50. The van der Waals surface area contributed by atoms with Crippen molar-refractivity contribution in [1.82, 2.24) is 15.2 Å². The number of benzene rings is 2. The first-order chi connectivity index (χ1) is 17.4. The standard InChI is InChI=1S/C28H31N5O3/c1-18(15-29)16-30-27-21-14-20(9-8-19(21)10-11-25(27)35-3)22-6-5-7-24(31-22)28(34)32-23-12-13-33(2)17-26(23)36-4/h5-11,14,23,26,30H,1,12-13,16-17H2,2-4H3,(H,32,34)/t23-,26-/m1/s1. The SMILES string of the molecule is C=C(C#N)CNc1c(OC)ccc2ccc(-c3cccc(C(=O)N[C@@H]4CCN(C)C[C@H]4OC)n3)cc12. The van der Waals surface area contributed by atoms with Gasteiger partial charge in [-0.05, 0) is 49.7 Å². The Hall–Kier alpha value is -3.93. The van der Waals surface area contributed by atoms with Gasteiger partial charge < -0.3 is 25.0 Å². The van der Waals surface area contributed by atoms with Gasteiger partial charge in [-0.1, -0.05) is 30.8 Å². The van der Waals surface area contributed by atoms with E-state index in [1.807, 2.05) is 42.5 Å². The van der Waals surface area contributed by atoms with Gasteiger partial charge in [0.2, 0.25) is 0 Å². The molecule has 186 valence electrons. The molecule has 4 rings (SSSR count). The van der Waals surface area contributed by atoms with E-state index in [0.717, 1.165) is 41.5 Å². The number of piperidine rings is 1. The summed E-state index contributed by atoms with van der Waals surface area (Å²) in [6, 6.07) is 17.3. The number of anilines is 1. The summed E-state index contributed by atoms with van der Waals surface area (Å²) in [6.45, 7) is 5.73. The number of fused-ring (bicyclic) bond motifs is 1. The van der Waals surface area contributed by atoms with E-state index in [4.69, 9.17) is 14.7 Å². The van der Waals surface area contributed by atoms with Crippen molar-refractivity contribution in [2.75, 3.05) is 46.2 Å². The van der Waals surface area contributed by atoms with Crippen molar-refractivity contribution in [3.63, 3.8) is 0 Å². The van der Waals surface area contributed by atoms with E-state index in [9.17, 15) is 4.79 Å². The molecule has 2 atom stereocenters. The van der Waals surface area contributed by atoms with Crippen LogP contribution in [0.1, 0.15) is 16.9 Å². The lowest BCUT2D eigenvalue weighted by Gasteiger charge is -2.36. The lowest BCUT2D eigenvalue weighted by molar-refractivity contribution is 0.0141. The highest BCUT2D eigenvalue weighted by atomic mass is 16.5. The van der Waals surface area contributed by atoms with Gasteiger partial charge in [0, 0.05) is 36.7 Å². The quantitative estimate of drug-likeness (QED) is 0.468. The van der Waals surface area contributed by atoms with E-state index in [1.54, 1.807) is 20.3 Å². The van der Waals surface area contributed by atoms with E-state index in [2.05, 4.69) is 40.2 Å². The molecule has 0 unspecified atom stereocenters. The van der Waals surface area contributed by atoms with Crippen molar-refractivity contribution in [1.29, 1.82) is 5.26 Å². The summed E-state index contributed by atoms with van der Waals surface area (Å²) in [5, 5.41) is 17.4. The van der Waals surface area contributed by atoms with Crippen LogP contribution in [0.4, 0.5) is 5.69 Å². The van der Waals surface area contributed by atoms with Crippen molar-refractivity contribution in [3.05, 3.63) is 66.4 Å². The molecule has 36 heavy (non-hydrogen) atoms. The molecule has 3 aromatic rings. The maximum atomic E-state index is 13.1. The van der Waals surface area contributed by atoms with Gasteiger partial charge in [-0.3, -0.25) is 4.79 Å². The molecule has 1 aliphatic rings. The maximum absolute atomic E-state index is 13.1. The molecule has 0 radical (unpaired) electrons. The third kappa shape index (κ3) is 5.48. The molecule has 0 aliphatic carbocycles. The van der Waals surface area contributed by atoms with Crippen molar-refractivity contribution in [3.8, 4) is 23.1 Å².